The molecule has 4 N–H and O–H groups in total. The van der Waals surface area contributed by atoms with Gasteiger partial charge in [0.1, 0.15) is 5.75 Å². The molecular formula is C19H24N3O3+. The Bertz CT molecular complexity index is 704. The SMILES string of the molecule is CCOc1ccccc1NC(=O)[C@@H]([NH2+]CC(=O)NC)c1ccccc1. The van der Waals surface area contributed by atoms with Crippen molar-refractivity contribution in [3.05, 3.63) is 60.2 Å². The molecule has 0 saturated heterocycles. The van der Waals surface area contributed by atoms with Crippen LogP contribution in [0.4, 0.5) is 5.69 Å². The normalized spacial score (nSPS) is 11.4. The first-order valence-corrected chi connectivity index (χ1v) is 8.27. The van der Waals surface area contributed by atoms with Gasteiger partial charge in [-0.05, 0) is 19.1 Å². The van der Waals surface area contributed by atoms with E-state index in [0.29, 0.717) is 18.0 Å². The molecule has 0 fully saturated rings. The quantitative estimate of drug-likeness (QED) is 0.671. The zero-order valence-corrected chi connectivity index (χ0v) is 14.5. The van der Waals surface area contributed by atoms with Crippen molar-refractivity contribution in [3.63, 3.8) is 0 Å². The minimum Gasteiger partial charge on any atom is -0.492 e. The number of para-hydroxylation sites is 2. The van der Waals surface area contributed by atoms with Crippen LogP contribution in [0, 0.1) is 0 Å². The third-order valence-electron chi connectivity index (χ3n) is 3.70. The third kappa shape index (κ3) is 5.32. The molecule has 0 aliphatic heterocycles. The van der Waals surface area contributed by atoms with Crippen LogP contribution < -0.4 is 20.7 Å². The Balaban J connectivity index is 2.19. The van der Waals surface area contributed by atoms with E-state index in [2.05, 4.69) is 10.6 Å². The van der Waals surface area contributed by atoms with Crippen LogP contribution >= 0.6 is 0 Å². The van der Waals surface area contributed by atoms with Crippen molar-refractivity contribution in [2.75, 3.05) is 25.5 Å². The van der Waals surface area contributed by atoms with E-state index in [-0.39, 0.29) is 18.4 Å². The Morgan fingerprint density at radius 2 is 1.76 bits per heavy atom. The van der Waals surface area contributed by atoms with E-state index >= 15 is 0 Å². The number of nitrogens with two attached hydrogens (primary N) is 1. The predicted octanol–water partition coefficient (Wildman–Crippen LogP) is 1.07. The molecule has 0 aromatic heterocycles. The Kier molecular flexibility index (Phi) is 6.98. The minimum absolute atomic E-state index is 0.136. The number of amides is 2. The van der Waals surface area contributed by atoms with Gasteiger partial charge in [0.2, 0.25) is 0 Å². The number of likely N-dealkylation sites (N-methyl/N-ethyl adjacent to an activating group) is 1. The first kappa shape index (κ1) is 18.5. The summed E-state index contributed by atoms with van der Waals surface area (Å²) < 4.78 is 5.55. The van der Waals surface area contributed by atoms with Gasteiger partial charge in [-0.1, -0.05) is 42.5 Å². The van der Waals surface area contributed by atoms with Crippen LogP contribution in [-0.2, 0) is 9.59 Å². The molecule has 2 aromatic carbocycles. The van der Waals surface area contributed by atoms with Crippen molar-refractivity contribution >= 4 is 17.5 Å². The van der Waals surface area contributed by atoms with Crippen LogP contribution in [0.5, 0.6) is 5.75 Å². The molecule has 2 amide bonds. The lowest BCUT2D eigenvalue weighted by Gasteiger charge is -2.17. The average molecular weight is 342 g/mol. The number of rotatable bonds is 8. The topological polar surface area (TPSA) is 84.0 Å². The van der Waals surface area contributed by atoms with Crippen LogP contribution in [-0.4, -0.2) is 32.0 Å². The van der Waals surface area contributed by atoms with Crippen molar-refractivity contribution in [2.45, 2.75) is 13.0 Å². The van der Waals surface area contributed by atoms with E-state index < -0.39 is 6.04 Å². The molecule has 6 heteroatoms. The second-order valence-electron chi connectivity index (χ2n) is 5.42. The van der Waals surface area contributed by atoms with Crippen LogP contribution in [0.25, 0.3) is 0 Å². The van der Waals surface area contributed by atoms with Gasteiger partial charge >= 0.3 is 0 Å². The van der Waals surface area contributed by atoms with E-state index in [1.165, 1.54) is 0 Å². The fourth-order valence-electron chi connectivity index (χ4n) is 2.44. The van der Waals surface area contributed by atoms with E-state index in [0.717, 1.165) is 5.56 Å². The number of nitrogens with one attached hydrogen (secondary N) is 2. The summed E-state index contributed by atoms with van der Waals surface area (Å²) in [5.41, 5.74) is 1.45. The minimum atomic E-state index is -0.534. The summed E-state index contributed by atoms with van der Waals surface area (Å²) in [7, 11) is 1.58. The molecule has 6 nitrogen and oxygen atoms in total. The Morgan fingerprint density at radius 1 is 1.08 bits per heavy atom. The second kappa shape index (κ2) is 9.44. The molecular weight excluding hydrogens is 318 g/mol. The smallest absolute Gasteiger partial charge is 0.287 e. The molecule has 0 spiro atoms. The standard InChI is InChI=1S/C19H23N3O3/c1-3-25-16-12-8-7-11-15(16)22-19(24)18(21-13-17(23)20-2)14-9-5-4-6-10-14/h4-12,18,21H,3,13H2,1-2H3,(H,20,23)(H,22,24)/p+1/t18-/m0/s1. The second-order valence-corrected chi connectivity index (χ2v) is 5.42. The zero-order valence-electron chi connectivity index (χ0n) is 14.5. The number of benzene rings is 2. The van der Waals surface area contributed by atoms with Gasteiger partial charge in [0.25, 0.3) is 11.8 Å². The summed E-state index contributed by atoms with van der Waals surface area (Å²) in [5, 5.41) is 7.19. The van der Waals surface area contributed by atoms with E-state index in [4.69, 9.17) is 4.74 Å². The van der Waals surface area contributed by atoms with Gasteiger partial charge < -0.3 is 20.7 Å². The number of ether oxygens (including phenoxy) is 1. The van der Waals surface area contributed by atoms with Gasteiger partial charge in [0, 0.05) is 12.6 Å². The number of quaternary nitrogens is 1. The summed E-state index contributed by atoms with van der Waals surface area (Å²) in [6.45, 7) is 2.57. The van der Waals surface area contributed by atoms with Crippen molar-refractivity contribution < 1.29 is 19.6 Å². The molecule has 0 radical (unpaired) electrons. The molecule has 25 heavy (non-hydrogen) atoms. The Labute approximate surface area is 147 Å². The summed E-state index contributed by atoms with van der Waals surface area (Å²) in [6, 6.07) is 16.1. The number of hydrogen-bond donors (Lipinski definition) is 3. The third-order valence-corrected chi connectivity index (χ3v) is 3.70. The number of carbonyl (C=O) groups is 2. The highest BCUT2D eigenvalue weighted by Crippen LogP contribution is 2.24. The average Bonchev–Trinajstić information content (AvgIpc) is 2.64. The molecule has 2 rings (SSSR count). The molecule has 0 aliphatic carbocycles. The van der Waals surface area contributed by atoms with Crippen molar-refractivity contribution in [3.8, 4) is 5.75 Å². The van der Waals surface area contributed by atoms with Crippen molar-refractivity contribution in [1.29, 1.82) is 0 Å². The van der Waals surface area contributed by atoms with E-state index in [1.54, 1.807) is 18.4 Å². The fourth-order valence-corrected chi connectivity index (χ4v) is 2.44. The number of hydrogen-bond acceptors (Lipinski definition) is 3. The Morgan fingerprint density at radius 3 is 2.44 bits per heavy atom. The summed E-state index contributed by atoms with van der Waals surface area (Å²) in [5.74, 6) is 0.280. The molecule has 0 unspecified atom stereocenters. The van der Waals surface area contributed by atoms with Crippen molar-refractivity contribution in [1.82, 2.24) is 5.32 Å². The summed E-state index contributed by atoms with van der Waals surface area (Å²) in [6.07, 6.45) is 0. The molecule has 0 saturated carbocycles. The molecule has 0 heterocycles. The summed E-state index contributed by atoms with van der Waals surface area (Å²) in [4.78, 5) is 24.4. The molecule has 0 aliphatic rings. The summed E-state index contributed by atoms with van der Waals surface area (Å²) >= 11 is 0. The maximum Gasteiger partial charge on any atom is 0.287 e. The maximum absolute atomic E-state index is 12.8. The first-order valence-electron chi connectivity index (χ1n) is 8.27. The highest BCUT2D eigenvalue weighted by atomic mass is 16.5. The number of carbonyl (C=O) groups excluding carboxylic acids is 2. The van der Waals surface area contributed by atoms with Crippen LogP contribution in [0.2, 0.25) is 0 Å². The highest BCUT2D eigenvalue weighted by molar-refractivity contribution is 5.95. The molecule has 132 valence electrons. The zero-order chi connectivity index (χ0) is 18.1. The van der Waals surface area contributed by atoms with E-state index in [1.807, 2.05) is 55.5 Å². The van der Waals surface area contributed by atoms with E-state index in [9.17, 15) is 9.59 Å². The first-order chi connectivity index (χ1) is 12.2. The van der Waals surface area contributed by atoms with Gasteiger partial charge in [-0.25, -0.2) is 0 Å². The molecule has 0 bridgehead atoms. The van der Waals surface area contributed by atoms with Gasteiger partial charge in [-0.2, -0.15) is 0 Å². The lowest BCUT2D eigenvalue weighted by molar-refractivity contribution is -0.672. The maximum atomic E-state index is 12.8. The lowest BCUT2D eigenvalue weighted by Crippen LogP contribution is -2.89. The highest BCUT2D eigenvalue weighted by Gasteiger charge is 2.25. The molecule has 2 aromatic rings. The predicted molar refractivity (Wildman–Crippen MR) is 96.3 cm³/mol. The van der Waals surface area contributed by atoms with Crippen LogP contribution in [0.3, 0.4) is 0 Å². The van der Waals surface area contributed by atoms with Gasteiger partial charge in [-0.15, -0.1) is 0 Å². The molecule has 1 atom stereocenters. The van der Waals surface area contributed by atoms with Gasteiger partial charge in [-0.3, -0.25) is 9.59 Å². The number of anilines is 1. The fraction of sp³-hybridized carbons (Fsp3) is 0.263. The Hall–Kier alpha value is -2.86. The van der Waals surface area contributed by atoms with Crippen molar-refractivity contribution in [2.24, 2.45) is 0 Å². The van der Waals surface area contributed by atoms with Crippen LogP contribution in [0.15, 0.2) is 54.6 Å². The van der Waals surface area contributed by atoms with Gasteiger partial charge in [0.15, 0.2) is 12.6 Å². The monoisotopic (exact) mass is 342 g/mol. The van der Waals surface area contributed by atoms with Crippen LogP contribution in [0.1, 0.15) is 18.5 Å². The largest absolute Gasteiger partial charge is 0.492 e. The lowest BCUT2D eigenvalue weighted by atomic mass is 10.1. The van der Waals surface area contributed by atoms with Gasteiger partial charge in [0.05, 0.1) is 12.3 Å².